The molecule has 128 valence electrons. The Morgan fingerprint density at radius 1 is 1.12 bits per heavy atom. The molecule has 0 radical (unpaired) electrons. The molecule has 0 spiro atoms. The molecule has 0 aliphatic heterocycles. The Balaban J connectivity index is 1.83. The Morgan fingerprint density at radius 3 is 2.48 bits per heavy atom. The number of nitrogens with one attached hydrogen (secondary N) is 1. The van der Waals surface area contributed by atoms with Gasteiger partial charge in [0.2, 0.25) is 0 Å². The summed E-state index contributed by atoms with van der Waals surface area (Å²) in [7, 11) is 0. The minimum atomic E-state index is -0.419. The van der Waals surface area contributed by atoms with Gasteiger partial charge in [-0.05, 0) is 73.8 Å². The Kier molecular flexibility index (Phi) is 3.86. The molecule has 1 saturated carbocycles. The minimum absolute atomic E-state index is 0.0267. The fourth-order valence-electron chi connectivity index (χ4n) is 3.91. The maximum absolute atomic E-state index is 12.7. The molecule has 5 heteroatoms. The number of Topliss-reactive ketones (excluding diaryl/α,β-unsaturated/α-hetero) is 2. The molecule has 2 aliphatic rings. The molecular formula is C20H20N2O3. The normalized spacial score (nSPS) is 19.3. The van der Waals surface area contributed by atoms with Gasteiger partial charge >= 0.3 is 0 Å². The third-order valence-electron chi connectivity index (χ3n) is 5.35. The summed E-state index contributed by atoms with van der Waals surface area (Å²) in [6, 6.07) is 3.99. The largest absolute Gasteiger partial charge is 0.319 e. The molecule has 0 bridgehead atoms. The smallest absolute Gasteiger partial charge is 0.259 e. The summed E-state index contributed by atoms with van der Waals surface area (Å²) in [5.41, 5.74) is 3.08. The molecule has 25 heavy (non-hydrogen) atoms. The van der Waals surface area contributed by atoms with Gasteiger partial charge in [-0.15, -0.1) is 0 Å². The van der Waals surface area contributed by atoms with Crippen LogP contribution in [0.25, 0.3) is 0 Å². The number of hydrogen-bond acceptors (Lipinski definition) is 4. The molecule has 1 atom stereocenters. The molecule has 0 aromatic carbocycles. The molecule has 2 aromatic rings. The lowest BCUT2D eigenvalue weighted by Crippen LogP contribution is -2.29. The first kappa shape index (κ1) is 15.9. The maximum Gasteiger partial charge on any atom is 0.259 e. The standard InChI is InChI=1S/C20H20N2O3/c1-11(23)17-15-5-4-14(12-6-8-21-9-7-12)10-16(15)18(22-20(17)25)19(24)13-2-3-13/h6-9,13-14H,2-5,10H2,1H3,(H,22,25). The summed E-state index contributed by atoms with van der Waals surface area (Å²) >= 11 is 0. The summed E-state index contributed by atoms with van der Waals surface area (Å²) in [5, 5.41) is 0. The van der Waals surface area contributed by atoms with Gasteiger partial charge in [0, 0.05) is 18.3 Å². The molecule has 1 unspecified atom stereocenters. The van der Waals surface area contributed by atoms with Gasteiger partial charge in [0.05, 0.1) is 11.3 Å². The van der Waals surface area contributed by atoms with E-state index in [-0.39, 0.29) is 29.0 Å². The Labute approximate surface area is 145 Å². The molecule has 2 aromatic heterocycles. The Hall–Kier alpha value is -2.56. The van der Waals surface area contributed by atoms with Gasteiger partial charge in [-0.3, -0.25) is 19.4 Å². The van der Waals surface area contributed by atoms with Crippen LogP contribution < -0.4 is 5.56 Å². The van der Waals surface area contributed by atoms with Crippen molar-refractivity contribution in [2.75, 3.05) is 0 Å². The van der Waals surface area contributed by atoms with E-state index < -0.39 is 5.56 Å². The van der Waals surface area contributed by atoms with Gasteiger partial charge in [-0.2, -0.15) is 0 Å². The van der Waals surface area contributed by atoms with Crippen molar-refractivity contribution in [3.63, 3.8) is 0 Å². The van der Waals surface area contributed by atoms with E-state index in [1.54, 1.807) is 12.4 Å². The number of ketones is 2. The number of nitrogens with zero attached hydrogens (tertiary/aromatic N) is 1. The molecule has 2 aliphatic carbocycles. The number of hydrogen-bond donors (Lipinski definition) is 1. The summed E-state index contributed by atoms with van der Waals surface area (Å²) in [4.78, 5) is 43.9. The molecule has 1 fully saturated rings. The highest BCUT2D eigenvalue weighted by Crippen LogP contribution is 2.38. The minimum Gasteiger partial charge on any atom is -0.319 e. The van der Waals surface area contributed by atoms with Gasteiger partial charge in [-0.1, -0.05) is 0 Å². The molecule has 0 saturated heterocycles. The fraction of sp³-hybridized carbons (Fsp3) is 0.400. The average Bonchev–Trinajstić information content (AvgIpc) is 3.45. The molecule has 5 nitrogen and oxygen atoms in total. The van der Waals surface area contributed by atoms with Crippen LogP contribution in [0.4, 0.5) is 0 Å². The van der Waals surface area contributed by atoms with Crippen molar-refractivity contribution in [3.05, 3.63) is 62.8 Å². The summed E-state index contributed by atoms with van der Waals surface area (Å²) < 4.78 is 0. The molecule has 2 heterocycles. The third kappa shape index (κ3) is 2.84. The van der Waals surface area contributed by atoms with E-state index in [9.17, 15) is 14.4 Å². The quantitative estimate of drug-likeness (QED) is 0.871. The van der Waals surface area contributed by atoms with Crippen LogP contribution in [-0.2, 0) is 12.8 Å². The van der Waals surface area contributed by atoms with Crippen LogP contribution in [0.3, 0.4) is 0 Å². The number of fused-ring (bicyclic) bond motifs is 1. The number of carbonyl (C=O) groups excluding carboxylic acids is 2. The van der Waals surface area contributed by atoms with Crippen molar-refractivity contribution in [2.24, 2.45) is 5.92 Å². The van der Waals surface area contributed by atoms with Gasteiger partial charge in [0.25, 0.3) is 5.56 Å². The van der Waals surface area contributed by atoms with Crippen molar-refractivity contribution in [1.29, 1.82) is 0 Å². The number of aromatic nitrogens is 2. The predicted octanol–water partition coefficient (Wildman–Crippen LogP) is 2.84. The van der Waals surface area contributed by atoms with Crippen LogP contribution >= 0.6 is 0 Å². The lowest BCUT2D eigenvalue weighted by Gasteiger charge is -2.27. The second kappa shape index (κ2) is 6.06. The van der Waals surface area contributed by atoms with Crippen LogP contribution in [-0.4, -0.2) is 21.5 Å². The summed E-state index contributed by atoms with van der Waals surface area (Å²) in [5.74, 6) is 0.0975. The number of carbonyl (C=O) groups is 2. The second-order valence-corrected chi connectivity index (χ2v) is 7.08. The van der Waals surface area contributed by atoms with E-state index in [0.29, 0.717) is 18.5 Å². The van der Waals surface area contributed by atoms with E-state index in [1.165, 1.54) is 12.5 Å². The highest BCUT2D eigenvalue weighted by atomic mass is 16.1. The van der Waals surface area contributed by atoms with Crippen molar-refractivity contribution < 1.29 is 9.59 Å². The topological polar surface area (TPSA) is 79.9 Å². The molecule has 4 rings (SSSR count). The summed E-state index contributed by atoms with van der Waals surface area (Å²) in [6.45, 7) is 1.42. The van der Waals surface area contributed by atoms with E-state index in [2.05, 4.69) is 9.97 Å². The van der Waals surface area contributed by atoms with E-state index >= 15 is 0 Å². The van der Waals surface area contributed by atoms with Gasteiger partial charge in [0.1, 0.15) is 0 Å². The first-order valence-corrected chi connectivity index (χ1v) is 8.79. The molecular weight excluding hydrogens is 316 g/mol. The Morgan fingerprint density at radius 2 is 1.84 bits per heavy atom. The van der Waals surface area contributed by atoms with Crippen molar-refractivity contribution in [3.8, 4) is 0 Å². The van der Waals surface area contributed by atoms with Crippen molar-refractivity contribution >= 4 is 11.6 Å². The van der Waals surface area contributed by atoms with Gasteiger partial charge in [-0.25, -0.2) is 0 Å². The predicted molar refractivity (Wildman–Crippen MR) is 93.1 cm³/mol. The SMILES string of the molecule is CC(=O)c1c2c(c(C(=O)C3CC3)[nH]c1=O)CC(c1ccncc1)CC2. The van der Waals surface area contributed by atoms with Crippen LogP contribution in [0.15, 0.2) is 29.3 Å². The average molecular weight is 336 g/mol. The highest BCUT2D eigenvalue weighted by molar-refractivity contribution is 6.01. The van der Waals surface area contributed by atoms with E-state index in [1.807, 2.05) is 12.1 Å². The van der Waals surface area contributed by atoms with Crippen molar-refractivity contribution in [1.82, 2.24) is 9.97 Å². The van der Waals surface area contributed by atoms with Crippen LogP contribution in [0.2, 0.25) is 0 Å². The lowest BCUT2D eigenvalue weighted by atomic mass is 9.77. The highest BCUT2D eigenvalue weighted by Gasteiger charge is 2.36. The summed E-state index contributed by atoms with van der Waals surface area (Å²) in [6.07, 6.45) is 7.49. The number of rotatable bonds is 4. The van der Waals surface area contributed by atoms with Gasteiger partial charge < -0.3 is 4.98 Å². The van der Waals surface area contributed by atoms with Crippen LogP contribution in [0.5, 0.6) is 0 Å². The first-order valence-electron chi connectivity index (χ1n) is 8.79. The number of aromatic amines is 1. The van der Waals surface area contributed by atoms with E-state index in [4.69, 9.17) is 0 Å². The molecule has 0 amide bonds. The van der Waals surface area contributed by atoms with Crippen LogP contribution in [0, 0.1) is 5.92 Å². The van der Waals surface area contributed by atoms with Gasteiger partial charge in [0.15, 0.2) is 11.6 Å². The van der Waals surface area contributed by atoms with E-state index in [0.717, 1.165) is 30.4 Å². The second-order valence-electron chi connectivity index (χ2n) is 7.08. The third-order valence-corrected chi connectivity index (χ3v) is 5.35. The Bertz CT molecular complexity index is 911. The number of pyridine rings is 2. The first-order chi connectivity index (χ1) is 12.1. The maximum atomic E-state index is 12.7. The van der Waals surface area contributed by atoms with Crippen LogP contribution in [0.1, 0.15) is 69.6 Å². The lowest BCUT2D eigenvalue weighted by molar-refractivity contribution is 0.0957. The zero-order valence-electron chi connectivity index (χ0n) is 14.2. The zero-order valence-corrected chi connectivity index (χ0v) is 14.2. The monoisotopic (exact) mass is 336 g/mol. The molecule has 1 N–H and O–H groups in total. The number of H-pyrrole nitrogens is 1. The zero-order chi connectivity index (χ0) is 17.6. The van der Waals surface area contributed by atoms with Crippen molar-refractivity contribution in [2.45, 2.75) is 44.9 Å². The fourth-order valence-corrected chi connectivity index (χ4v) is 3.91.